The zero-order valence-electron chi connectivity index (χ0n) is 11.9. The van der Waals surface area contributed by atoms with E-state index in [4.69, 9.17) is 4.74 Å². The molecule has 0 aromatic rings. The lowest BCUT2D eigenvalue weighted by Crippen LogP contribution is -2.65. The van der Waals surface area contributed by atoms with Gasteiger partial charge >= 0.3 is 0 Å². The van der Waals surface area contributed by atoms with Crippen LogP contribution in [0.5, 0.6) is 0 Å². The predicted octanol–water partition coefficient (Wildman–Crippen LogP) is 3.28. The monoisotopic (exact) mass is 249 g/mol. The van der Waals surface area contributed by atoms with Gasteiger partial charge in [0.1, 0.15) is 0 Å². The number of hydrogen-bond donors (Lipinski definition) is 1. The smallest absolute Gasteiger partial charge is 0.0685 e. The summed E-state index contributed by atoms with van der Waals surface area (Å²) in [7, 11) is 0. The summed E-state index contributed by atoms with van der Waals surface area (Å²) in [4.78, 5) is 0. The maximum absolute atomic E-state index is 5.84. The van der Waals surface area contributed by atoms with E-state index in [0.29, 0.717) is 17.6 Å². The second-order valence-corrected chi connectivity index (χ2v) is 6.86. The molecule has 2 nitrogen and oxygen atoms in total. The van der Waals surface area contributed by atoms with Crippen LogP contribution in [0.15, 0.2) is 11.6 Å². The van der Waals surface area contributed by atoms with Crippen LogP contribution in [0, 0.1) is 11.3 Å². The Bertz CT molecular complexity index is 334. The number of fused-ring (bicyclic) bond motifs is 1. The molecule has 3 atom stereocenters. The number of nitrogens with one attached hydrogen (secondary N) is 1. The van der Waals surface area contributed by atoms with E-state index in [2.05, 4.69) is 25.2 Å². The van der Waals surface area contributed by atoms with Crippen molar-refractivity contribution in [2.75, 3.05) is 13.2 Å². The van der Waals surface area contributed by atoms with Gasteiger partial charge in [-0.3, -0.25) is 0 Å². The highest BCUT2D eigenvalue weighted by atomic mass is 16.5. The molecule has 102 valence electrons. The van der Waals surface area contributed by atoms with E-state index in [1.54, 1.807) is 5.57 Å². The van der Waals surface area contributed by atoms with Gasteiger partial charge in [-0.1, -0.05) is 25.5 Å². The first-order chi connectivity index (χ1) is 8.69. The van der Waals surface area contributed by atoms with Crippen molar-refractivity contribution in [2.45, 2.75) is 64.5 Å². The zero-order chi connectivity index (χ0) is 12.6. The van der Waals surface area contributed by atoms with Gasteiger partial charge in [0, 0.05) is 24.0 Å². The molecule has 0 aromatic carbocycles. The molecule has 1 saturated carbocycles. The lowest BCUT2D eigenvalue weighted by atomic mass is 9.57. The minimum Gasteiger partial charge on any atom is -0.377 e. The SMILES string of the molecule is CC1(C)C(NCCC2=CCCCC2)C2CCOC21. The first kappa shape index (κ1) is 12.7. The average molecular weight is 249 g/mol. The van der Waals surface area contributed by atoms with Gasteiger partial charge in [0.2, 0.25) is 0 Å². The van der Waals surface area contributed by atoms with E-state index < -0.39 is 0 Å². The van der Waals surface area contributed by atoms with Gasteiger partial charge < -0.3 is 10.1 Å². The third-order valence-electron chi connectivity index (χ3n) is 5.30. The average Bonchev–Trinajstić information content (AvgIpc) is 2.82. The number of ether oxygens (including phenoxy) is 1. The van der Waals surface area contributed by atoms with Gasteiger partial charge in [0.15, 0.2) is 0 Å². The second-order valence-electron chi connectivity index (χ2n) is 6.86. The van der Waals surface area contributed by atoms with Crippen LogP contribution in [0.4, 0.5) is 0 Å². The van der Waals surface area contributed by atoms with Gasteiger partial charge in [0.25, 0.3) is 0 Å². The molecule has 1 aliphatic heterocycles. The molecule has 0 spiro atoms. The van der Waals surface area contributed by atoms with Gasteiger partial charge in [0.05, 0.1) is 6.10 Å². The molecule has 18 heavy (non-hydrogen) atoms. The van der Waals surface area contributed by atoms with Gasteiger partial charge in [-0.05, 0) is 45.1 Å². The van der Waals surface area contributed by atoms with E-state index in [-0.39, 0.29) is 0 Å². The molecule has 2 heteroatoms. The maximum Gasteiger partial charge on any atom is 0.0685 e. The third kappa shape index (κ3) is 2.14. The van der Waals surface area contributed by atoms with Crippen molar-refractivity contribution >= 4 is 0 Å². The lowest BCUT2D eigenvalue weighted by molar-refractivity contribution is -0.112. The lowest BCUT2D eigenvalue weighted by Gasteiger charge is -2.55. The Morgan fingerprint density at radius 3 is 3.06 bits per heavy atom. The van der Waals surface area contributed by atoms with Crippen LogP contribution in [0.3, 0.4) is 0 Å². The largest absolute Gasteiger partial charge is 0.377 e. The summed E-state index contributed by atoms with van der Waals surface area (Å²) in [6.07, 6.45) is 10.9. The van der Waals surface area contributed by atoms with Crippen LogP contribution in [0.1, 0.15) is 52.4 Å². The van der Waals surface area contributed by atoms with E-state index in [0.717, 1.165) is 19.1 Å². The number of rotatable bonds is 4. The molecule has 0 aromatic heterocycles. The van der Waals surface area contributed by atoms with E-state index in [1.165, 1.54) is 38.5 Å². The molecule has 2 fully saturated rings. The van der Waals surface area contributed by atoms with Gasteiger partial charge in [-0.25, -0.2) is 0 Å². The summed E-state index contributed by atoms with van der Waals surface area (Å²) in [5.74, 6) is 0.778. The summed E-state index contributed by atoms with van der Waals surface area (Å²) in [5, 5.41) is 3.81. The normalized spacial score (nSPS) is 37.9. The fourth-order valence-electron chi connectivity index (χ4n) is 4.26. The Kier molecular flexibility index (Phi) is 3.50. The zero-order valence-corrected chi connectivity index (χ0v) is 11.9. The summed E-state index contributed by atoms with van der Waals surface area (Å²) >= 11 is 0. The Labute approximate surface area is 111 Å². The minimum absolute atomic E-state index is 0.335. The molecule has 0 amide bonds. The standard InChI is InChI=1S/C16H27NO/c1-16(2)14(13-9-11-18-15(13)16)17-10-8-12-6-4-3-5-7-12/h6,13-15,17H,3-5,7-11H2,1-2H3. The Hall–Kier alpha value is -0.340. The maximum atomic E-state index is 5.84. The molecule has 3 aliphatic rings. The second kappa shape index (κ2) is 4.97. The first-order valence-electron chi connectivity index (χ1n) is 7.72. The summed E-state index contributed by atoms with van der Waals surface area (Å²) in [6.45, 7) is 6.85. The van der Waals surface area contributed by atoms with Crippen molar-refractivity contribution in [1.82, 2.24) is 5.32 Å². The quantitative estimate of drug-likeness (QED) is 0.772. The Morgan fingerprint density at radius 2 is 2.28 bits per heavy atom. The number of hydrogen-bond acceptors (Lipinski definition) is 2. The molecule has 3 unspecified atom stereocenters. The molecule has 1 saturated heterocycles. The van der Waals surface area contributed by atoms with E-state index in [9.17, 15) is 0 Å². The van der Waals surface area contributed by atoms with Crippen LogP contribution in [0.2, 0.25) is 0 Å². The first-order valence-corrected chi connectivity index (χ1v) is 7.72. The van der Waals surface area contributed by atoms with Crippen molar-refractivity contribution < 1.29 is 4.74 Å². The summed E-state index contributed by atoms with van der Waals surface area (Å²) in [5.41, 5.74) is 2.02. The molecule has 3 rings (SSSR count). The molecule has 1 heterocycles. The third-order valence-corrected chi connectivity index (χ3v) is 5.30. The van der Waals surface area contributed by atoms with Crippen LogP contribution in [-0.2, 0) is 4.74 Å². The van der Waals surface area contributed by atoms with Crippen LogP contribution in [-0.4, -0.2) is 25.3 Å². The van der Waals surface area contributed by atoms with Crippen LogP contribution >= 0.6 is 0 Å². The molecular weight excluding hydrogens is 222 g/mol. The molecule has 1 N–H and O–H groups in total. The highest BCUT2D eigenvalue weighted by Crippen LogP contribution is 2.52. The fourth-order valence-corrected chi connectivity index (χ4v) is 4.26. The minimum atomic E-state index is 0.335. The molecular formula is C16H27NO. The van der Waals surface area contributed by atoms with Crippen molar-refractivity contribution in [3.63, 3.8) is 0 Å². The highest BCUT2D eigenvalue weighted by molar-refractivity contribution is 5.12. The van der Waals surface area contributed by atoms with E-state index in [1.807, 2.05) is 0 Å². The van der Waals surface area contributed by atoms with Crippen molar-refractivity contribution in [3.05, 3.63) is 11.6 Å². The van der Waals surface area contributed by atoms with E-state index >= 15 is 0 Å². The van der Waals surface area contributed by atoms with Crippen LogP contribution in [0.25, 0.3) is 0 Å². The fraction of sp³-hybridized carbons (Fsp3) is 0.875. The Balaban J connectivity index is 1.47. The molecule has 0 radical (unpaired) electrons. The number of allylic oxidation sites excluding steroid dienone is 1. The Morgan fingerprint density at radius 1 is 1.39 bits per heavy atom. The van der Waals surface area contributed by atoms with Crippen molar-refractivity contribution in [1.29, 1.82) is 0 Å². The summed E-state index contributed by atoms with van der Waals surface area (Å²) < 4.78 is 5.84. The van der Waals surface area contributed by atoms with Crippen molar-refractivity contribution in [3.8, 4) is 0 Å². The van der Waals surface area contributed by atoms with Gasteiger partial charge in [-0.2, -0.15) is 0 Å². The highest BCUT2D eigenvalue weighted by Gasteiger charge is 2.58. The molecule has 0 bridgehead atoms. The predicted molar refractivity (Wildman–Crippen MR) is 74.6 cm³/mol. The van der Waals surface area contributed by atoms with Crippen LogP contribution < -0.4 is 5.32 Å². The topological polar surface area (TPSA) is 21.3 Å². The summed E-state index contributed by atoms with van der Waals surface area (Å²) in [6, 6.07) is 0.675. The van der Waals surface area contributed by atoms with Crippen molar-refractivity contribution in [2.24, 2.45) is 11.3 Å². The van der Waals surface area contributed by atoms with Gasteiger partial charge in [-0.15, -0.1) is 0 Å². The molecule has 2 aliphatic carbocycles.